The van der Waals surface area contributed by atoms with Gasteiger partial charge in [-0.15, -0.1) is 0 Å². The Balaban J connectivity index is 0.000000479. The van der Waals surface area contributed by atoms with E-state index in [2.05, 4.69) is 26.2 Å². The fourth-order valence-electron chi connectivity index (χ4n) is 4.08. The molecule has 1 unspecified atom stereocenters. The average molecular weight is 583 g/mol. The molecule has 1 saturated heterocycles. The van der Waals surface area contributed by atoms with Gasteiger partial charge in [0.25, 0.3) is 5.56 Å². The van der Waals surface area contributed by atoms with Crippen molar-refractivity contribution in [2.45, 2.75) is 38.0 Å². The van der Waals surface area contributed by atoms with Crippen LogP contribution in [0, 0.1) is 6.92 Å². The van der Waals surface area contributed by atoms with Gasteiger partial charge in [0, 0.05) is 46.3 Å². The second kappa shape index (κ2) is 11.8. The van der Waals surface area contributed by atoms with Gasteiger partial charge in [0.1, 0.15) is 6.04 Å². The number of piperidine rings is 1. The van der Waals surface area contributed by atoms with Crippen LogP contribution in [0.3, 0.4) is 0 Å². The number of carbonyl (C=O) groups excluding carboxylic acids is 1. The number of pyridine rings is 1. The molecule has 5 N–H and O–H groups in total. The first-order valence-electron chi connectivity index (χ1n) is 11.4. The Hall–Kier alpha value is -3.38. The molecule has 12 heteroatoms. The zero-order chi connectivity index (χ0) is 27.3. The van der Waals surface area contributed by atoms with Crippen LogP contribution >= 0.6 is 15.9 Å². The lowest BCUT2D eigenvalue weighted by atomic mass is 10.0. The predicted molar refractivity (Wildman–Crippen MR) is 137 cm³/mol. The number of halogens is 4. The number of H-pyrrole nitrogens is 1. The number of alkyl halides is 3. The number of aliphatic carboxylic acids is 1. The minimum atomic E-state index is -5.08. The molecule has 1 aliphatic heterocycles. The molecule has 0 aliphatic carbocycles. The fraction of sp³-hybridized carbons (Fsp3) is 0.320. The maximum absolute atomic E-state index is 12.8. The average Bonchev–Trinajstić information content (AvgIpc) is 2.86. The predicted octanol–water partition coefficient (Wildman–Crippen LogP) is 4.34. The van der Waals surface area contributed by atoms with Crippen molar-refractivity contribution >= 4 is 44.3 Å². The third-order valence-corrected chi connectivity index (χ3v) is 6.56. The van der Waals surface area contributed by atoms with Gasteiger partial charge in [-0.2, -0.15) is 13.2 Å². The van der Waals surface area contributed by atoms with Crippen molar-refractivity contribution in [1.82, 2.24) is 9.88 Å². The molecule has 4 rings (SSSR count). The molecule has 0 bridgehead atoms. The lowest BCUT2D eigenvalue weighted by molar-refractivity contribution is -0.192. The number of aryl methyl sites for hydroxylation is 1. The molecule has 1 aliphatic rings. The second-order valence-electron chi connectivity index (χ2n) is 8.60. The number of aromatic nitrogens is 1. The van der Waals surface area contributed by atoms with Crippen LogP contribution in [-0.4, -0.2) is 52.2 Å². The molecule has 0 saturated carbocycles. The van der Waals surface area contributed by atoms with Crippen LogP contribution in [0.15, 0.2) is 57.9 Å². The molecule has 198 valence electrons. The van der Waals surface area contributed by atoms with Crippen LogP contribution in [0.25, 0.3) is 10.8 Å². The normalized spacial score (nSPS) is 15.0. The summed E-state index contributed by atoms with van der Waals surface area (Å²) in [6, 6.07) is 12.9. The van der Waals surface area contributed by atoms with E-state index in [0.29, 0.717) is 18.5 Å². The van der Waals surface area contributed by atoms with Crippen molar-refractivity contribution in [1.29, 1.82) is 0 Å². The Kier molecular flexibility index (Phi) is 8.98. The van der Waals surface area contributed by atoms with Gasteiger partial charge >= 0.3 is 12.1 Å². The van der Waals surface area contributed by atoms with Gasteiger partial charge in [0.15, 0.2) is 0 Å². The molecule has 1 fully saturated rings. The minimum absolute atomic E-state index is 0.0386. The monoisotopic (exact) mass is 582 g/mol. The molecule has 1 atom stereocenters. The number of hydrogen-bond acceptors (Lipinski definition) is 5. The van der Waals surface area contributed by atoms with Crippen LogP contribution < -0.4 is 16.6 Å². The number of nitrogens with two attached hydrogens (primary N) is 1. The number of amides is 1. The van der Waals surface area contributed by atoms with Gasteiger partial charge in [-0.25, -0.2) is 4.79 Å². The van der Waals surface area contributed by atoms with Gasteiger partial charge in [0.2, 0.25) is 5.91 Å². The summed E-state index contributed by atoms with van der Waals surface area (Å²) in [5, 5.41) is 12.4. The first-order chi connectivity index (χ1) is 17.4. The van der Waals surface area contributed by atoms with E-state index >= 15 is 0 Å². The van der Waals surface area contributed by atoms with Gasteiger partial charge in [-0.05, 0) is 55.2 Å². The van der Waals surface area contributed by atoms with E-state index in [0.717, 1.165) is 39.5 Å². The lowest BCUT2D eigenvalue weighted by Crippen LogP contribution is -2.45. The Bertz CT molecular complexity index is 1320. The highest BCUT2D eigenvalue weighted by Gasteiger charge is 2.38. The molecular formula is C25H26BrF3N4O4. The molecule has 0 radical (unpaired) electrons. The number of fused-ring (bicyclic) bond motifs is 1. The molecule has 3 aromatic rings. The lowest BCUT2D eigenvalue weighted by Gasteiger charge is -2.34. The summed E-state index contributed by atoms with van der Waals surface area (Å²) in [5.74, 6) is -2.80. The second-order valence-corrected chi connectivity index (χ2v) is 9.52. The van der Waals surface area contributed by atoms with E-state index in [1.165, 1.54) is 0 Å². The van der Waals surface area contributed by atoms with E-state index in [1.54, 1.807) is 6.20 Å². The fourth-order valence-corrected chi connectivity index (χ4v) is 4.35. The summed E-state index contributed by atoms with van der Waals surface area (Å²) in [7, 11) is 0. The van der Waals surface area contributed by atoms with Gasteiger partial charge in [-0.3, -0.25) is 9.59 Å². The van der Waals surface area contributed by atoms with Crippen molar-refractivity contribution in [3.63, 3.8) is 0 Å². The maximum Gasteiger partial charge on any atom is 0.490 e. The van der Waals surface area contributed by atoms with E-state index in [4.69, 9.17) is 15.6 Å². The van der Waals surface area contributed by atoms with E-state index in [1.807, 2.05) is 54.3 Å². The largest absolute Gasteiger partial charge is 0.490 e. The summed E-state index contributed by atoms with van der Waals surface area (Å²) in [4.78, 5) is 38.5. The van der Waals surface area contributed by atoms with Crippen LogP contribution in [0.4, 0.5) is 18.9 Å². The number of likely N-dealkylation sites (tertiary alicyclic amines) is 1. The molecule has 2 heterocycles. The number of rotatable bonds is 4. The highest BCUT2D eigenvalue weighted by Crippen LogP contribution is 2.27. The smallest absolute Gasteiger partial charge is 0.475 e. The molecule has 1 aromatic heterocycles. The SMILES string of the molecule is Cc1c[nH]c(=O)c2cccc(NC3CCN(C(=O)C(N)c4ccc(Br)cc4)CC3)c12.O=C(O)C(F)(F)F. The van der Waals surface area contributed by atoms with Gasteiger partial charge in [0.05, 0.1) is 0 Å². The van der Waals surface area contributed by atoms with Crippen molar-refractivity contribution in [2.75, 3.05) is 18.4 Å². The van der Waals surface area contributed by atoms with Crippen molar-refractivity contribution in [3.8, 4) is 0 Å². The Labute approximate surface area is 218 Å². The first kappa shape index (κ1) is 28.2. The number of carboxylic acid groups (broad SMARTS) is 1. The van der Waals surface area contributed by atoms with Crippen molar-refractivity contribution in [2.24, 2.45) is 5.73 Å². The van der Waals surface area contributed by atoms with Crippen LogP contribution in [0.2, 0.25) is 0 Å². The highest BCUT2D eigenvalue weighted by atomic mass is 79.9. The molecule has 0 spiro atoms. The number of benzene rings is 2. The molecule has 1 amide bonds. The molecular weight excluding hydrogens is 557 g/mol. The summed E-state index contributed by atoms with van der Waals surface area (Å²) < 4.78 is 32.7. The van der Waals surface area contributed by atoms with Crippen molar-refractivity contribution < 1.29 is 27.9 Å². The third kappa shape index (κ3) is 7.10. The van der Waals surface area contributed by atoms with E-state index in [9.17, 15) is 22.8 Å². The number of hydrogen-bond donors (Lipinski definition) is 4. The summed E-state index contributed by atoms with van der Waals surface area (Å²) in [6.45, 7) is 3.31. The number of carboxylic acids is 1. The summed E-state index contributed by atoms with van der Waals surface area (Å²) in [6.07, 6.45) is -1.67. The number of aromatic amines is 1. The Morgan fingerprint density at radius 2 is 1.76 bits per heavy atom. The standard InChI is InChI=1S/C23H25BrN4O2.C2HF3O2/c1-14-13-26-22(29)18-3-2-4-19(20(14)18)27-17-9-11-28(12-10-17)23(30)21(25)15-5-7-16(24)8-6-15;3-2(4,5)1(6)7/h2-8,13,17,21,27H,9-12,25H2,1H3,(H,26,29);(H,6,7). The van der Waals surface area contributed by atoms with Crippen LogP contribution in [0.5, 0.6) is 0 Å². The zero-order valence-corrected chi connectivity index (χ0v) is 21.4. The first-order valence-corrected chi connectivity index (χ1v) is 12.1. The number of nitrogens with zero attached hydrogens (tertiary/aromatic N) is 1. The van der Waals surface area contributed by atoms with E-state index < -0.39 is 18.2 Å². The minimum Gasteiger partial charge on any atom is -0.475 e. The number of carbonyl (C=O) groups is 2. The van der Waals surface area contributed by atoms with Crippen LogP contribution in [-0.2, 0) is 9.59 Å². The van der Waals surface area contributed by atoms with Gasteiger partial charge < -0.3 is 26.0 Å². The molecule has 8 nitrogen and oxygen atoms in total. The number of anilines is 1. The third-order valence-electron chi connectivity index (χ3n) is 6.03. The summed E-state index contributed by atoms with van der Waals surface area (Å²) in [5.41, 5.74) is 8.95. The molecule has 37 heavy (non-hydrogen) atoms. The van der Waals surface area contributed by atoms with Crippen LogP contribution in [0.1, 0.15) is 30.0 Å². The maximum atomic E-state index is 12.8. The van der Waals surface area contributed by atoms with E-state index in [-0.39, 0.29) is 17.5 Å². The highest BCUT2D eigenvalue weighted by molar-refractivity contribution is 9.10. The van der Waals surface area contributed by atoms with Gasteiger partial charge in [-0.1, -0.05) is 34.1 Å². The zero-order valence-electron chi connectivity index (χ0n) is 19.8. The topological polar surface area (TPSA) is 129 Å². The summed E-state index contributed by atoms with van der Waals surface area (Å²) >= 11 is 3.40. The van der Waals surface area contributed by atoms with Crippen molar-refractivity contribution in [3.05, 3.63) is 74.6 Å². The Morgan fingerprint density at radius 1 is 1.16 bits per heavy atom. The number of nitrogens with one attached hydrogen (secondary N) is 2. The molecule has 2 aromatic carbocycles. The Morgan fingerprint density at radius 3 is 2.32 bits per heavy atom. The quantitative estimate of drug-likeness (QED) is 0.362.